The number of likely N-dealkylation sites (N-methyl/N-ethyl adjacent to an activating group) is 2. The van der Waals surface area contributed by atoms with Crippen LogP contribution in [0.15, 0.2) is 67.3 Å². The summed E-state index contributed by atoms with van der Waals surface area (Å²) >= 11 is 0. The standard InChI is InChI=1S/C30H33F3N8O/c1-19-6-7-21(14-24(19)38-28-23(17-35-18-37-28)20-10-11-36-27(15-20)34-2)29(42)39-25-16-22(30(31,32)33)8-9-26(25)41(5)13-12-40(3)4/h6-11,14-18H,12-13H2,1-5H3,(H,34,36)(H,39,42)(H,35,37,38). The first kappa shape index (κ1) is 30.3. The molecule has 0 unspecified atom stereocenters. The van der Waals surface area contributed by atoms with E-state index in [2.05, 4.69) is 30.9 Å². The van der Waals surface area contributed by atoms with E-state index in [0.29, 0.717) is 36.1 Å². The fourth-order valence-corrected chi connectivity index (χ4v) is 4.21. The molecule has 2 aromatic heterocycles. The summed E-state index contributed by atoms with van der Waals surface area (Å²) in [4.78, 5) is 30.0. The quantitative estimate of drug-likeness (QED) is 0.214. The molecular formula is C30H33F3N8O. The maximum Gasteiger partial charge on any atom is 0.416 e. The summed E-state index contributed by atoms with van der Waals surface area (Å²) in [6, 6.07) is 12.1. The molecule has 4 rings (SSSR count). The van der Waals surface area contributed by atoms with Crippen LogP contribution in [0.3, 0.4) is 0 Å². The first-order valence-corrected chi connectivity index (χ1v) is 13.2. The van der Waals surface area contributed by atoms with Gasteiger partial charge in [0.05, 0.1) is 16.9 Å². The van der Waals surface area contributed by atoms with Crippen LogP contribution >= 0.6 is 0 Å². The molecule has 0 saturated heterocycles. The topological polar surface area (TPSA) is 98.3 Å². The third kappa shape index (κ3) is 7.32. The van der Waals surface area contributed by atoms with Crippen molar-refractivity contribution in [2.75, 3.05) is 62.1 Å². The molecule has 2 heterocycles. The number of amides is 1. The number of hydrogen-bond donors (Lipinski definition) is 3. The van der Waals surface area contributed by atoms with Gasteiger partial charge in [-0.2, -0.15) is 13.2 Å². The lowest BCUT2D eigenvalue weighted by Gasteiger charge is -2.25. The zero-order valence-electron chi connectivity index (χ0n) is 24.0. The first-order valence-electron chi connectivity index (χ1n) is 13.2. The normalized spacial score (nSPS) is 11.4. The number of halogens is 3. The summed E-state index contributed by atoms with van der Waals surface area (Å²) < 4.78 is 40.7. The van der Waals surface area contributed by atoms with Crippen LogP contribution < -0.4 is 20.9 Å². The number of carbonyl (C=O) groups excluding carboxylic acids is 1. The number of rotatable bonds is 10. The van der Waals surface area contributed by atoms with Crippen LogP contribution in [0.5, 0.6) is 0 Å². The number of nitrogens with zero attached hydrogens (tertiary/aromatic N) is 5. The minimum atomic E-state index is -4.56. The van der Waals surface area contributed by atoms with Crippen LogP contribution in [0.25, 0.3) is 11.1 Å². The van der Waals surface area contributed by atoms with Crippen LogP contribution in [0.2, 0.25) is 0 Å². The van der Waals surface area contributed by atoms with Gasteiger partial charge in [0.15, 0.2) is 0 Å². The Kier molecular flexibility index (Phi) is 9.26. The van der Waals surface area contributed by atoms with Gasteiger partial charge in [0, 0.05) is 56.4 Å². The number of aryl methyl sites for hydroxylation is 1. The summed E-state index contributed by atoms with van der Waals surface area (Å²) in [5.74, 6) is 0.649. The van der Waals surface area contributed by atoms with Crippen molar-refractivity contribution in [2.24, 2.45) is 0 Å². The molecular weight excluding hydrogens is 545 g/mol. The van der Waals surface area contributed by atoms with Gasteiger partial charge in [-0.05, 0) is 74.6 Å². The predicted molar refractivity (Wildman–Crippen MR) is 160 cm³/mol. The Labute approximate surface area is 242 Å². The van der Waals surface area contributed by atoms with E-state index in [1.807, 2.05) is 43.0 Å². The average Bonchev–Trinajstić information content (AvgIpc) is 2.96. The fourth-order valence-electron chi connectivity index (χ4n) is 4.21. The number of hydrogen-bond acceptors (Lipinski definition) is 8. The smallest absolute Gasteiger partial charge is 0.373 e. The SMILES string of the molecule is CNc1cc(-c2cncnc2Nc2cc(C(=O)Nc3cc(C(F)(F)F)ccc3N(C)CCN(C)C)ccc2C)ccn1. The Morgan fingerprint density at radius 2 is 1.74 bits per heavy atom. The van der Waals surface area contributed by atoms with Gasteiger partial charge in [-0.25, -0.2) is 15.0 Å². The molecule has 0 saturated carbocycles. The summed E-state index contributed by atoms with van der Waals surface area (Å²) in [6.45, 7) is 3.11. The summed E-state index contributed by atoms with van der Waals surface area (Å²) in [6.07, 6.45) is 0.213. The number of carbonyl (C=O) groups is 1. The summed E-state index contributed by atoms with van der Waals surface area (Å²) in [7, 11) is 7.37. The summed E-state index contributed by atoms with van der Waals surface area (Å²) in [5.41, 5.74) is 2.97. The summed E-state index contributed by atoms with van der Waals surface area (Å²) in [5, 5.41) is 9.00. The number of aromatic nitrogens is 3. The third-order valence-electron chi connectivity index (χ3n) is 6.66. The van der Waals surface area contributed by atoms with Crippen molar-refractivity contribution in [3.8, 4) is 11.1 Å². The van der Waals surface area contributed by atoms with Crippen molar-refractivity contribution >= 4 is 34.6 Å². The average molecular weight is 579 g/mol. The first-order chi connectivity index (χ1) is 20.0. The monoisotopic (exact) mass is 578 g/mol. The van der Waals surface area contributed by atoms with Crippen molar-refractivity contribution in [3.05, 3.63) is 83.9 Å². The van der Waals surface area contributed by atoms with Gasteiger partial charge in [0.2, 0.25) is 0 Å². The lowest BCUT2D eigenvalue weighted by Crippen LogP contribution is -2.29. The minimum absolute atomic E-state index is 0.0716. The molecule has 4 aromatic rings. The molecule has 0 atom stereocenters. The Morgan fingerprint density at radius 1 is 0.952 bits per heavy atom. The highest BCUT2D eigenvalue weighted by Crippen LogP contribution is 2.36. The molecule has 0 radical (unpaired) electrons. The number of anilines is 5. The van der Waals surface area contributed by atoms with Gasteiger partial charge in [-0.15, -0.1) is 0 Å². The zero-order chi connectivity index (χ0) is 30.4. The van der Waals surface area contributed by atoms with Crippen molar-refractivity contribution in [3.63, 3.8) is 0 Å². The molecule has 0 aliphatic carbocycles. The van der Waals surface area contributed by atoms with Crippen LogP contribution in [-0.4, -0.2) is 67.0 Å². The van der Waals surface area contributed by atoms with Gasteiger partial charge < -0.3 is 25.8 Å². The van der Waals surface area contributed by atoms with Crippen molar-refractivity contribution in [1.82, 2.24) is 19.9 Å². The number of alkyl halides is 3. The van der Waals surface area contributed by atoms with E-state index in [1.54, 1.807) is 44.7 Å². The third-order valence-corrected chi connectivity index (χ3v) is 6.66. The van der Waals surface area contributed by atoms with E-state index < -0.39 is 17.6 Å². The van der Waals surface area contributed by atoms with Crippen molar-refractivity contribution in [2.45, 2.75) is 13.1 Å². The second-order valence-electron chi connectivity index (χ2n) is 10.0. The van der Waals surface area contributed by atoms with E-state index in [1.165, 1.54) is 12.4 Å². The molecule has 0 bridgehead atoms. The second-order valence-corrected chi connectivity index (χ2v) is 10.0. The molecule has 0 aliphatic rings. The van der Waals surface area contributed by atoms with Crippen molar-refractivity contribution in [1.29, 1.82) is 0 Å². The fraction of sp³-hybridized carbons (Fsp3) is 0.267. The van der Waals surface area contributed by atoms with Crippen molar-refractivity contribution < 1.29 is 18.0 Å². The maximum atomic E-state index is 13.6. The number of nitrogens with one attached hydrogen (secondary N) is 3. The molecule has 42 heavy (non-hydrogen) atoms. The molecule has 9 nitrogen and oxygen atoms in total. The van der Waals surface area contributed by atoms with E-state index in [4.69, 9.17) is 0 Å². The highest BCUT2D eigenvalue weighted by molar-refractivity contribution is 6.06. The Morgan fingerprint density at radius 3 is 2.45 bits per heavy atom. The van der Waals surface area contributed by atoms with Crippen LogP contribution in [-0.2, 0) is 6.18 Å². The van der Waals surface area contributed by atoms with E-state index in [-0.39, 0.29) is 11.3 Å². The zero-order valence-corrected chi connectivity index (χ0v) is 24.0. The van der Waals surface area contributed by atoms with Gasteiger partial charge in [-0.1, -0.05) is 6.07 Å². The lowest BCUT2D eigenvalue weighted by atomic mass is 10.1. The second kappa shape index (κ2) is 12.9. The Bertz CT molecular complexity index is 1560. The van der Waals surface area contributed by atoms with Gasteiger partial charge in [-0.3, -0.25) is 4.79 Å². The van der Waals surface area contributed by atoms with Gasteiger partial charge in [0.1, 0.15) is 18.0 Å². The molecule has 0 spiro atoms. The van der Waals surface area contributed by atoms with E-state index in [9.17, 15) is 18.0 Å². The molecule has 3 N–H and O–H groups in total. The number of pyridine rings is 1. The Hall–Kier alpha value is -4.71. The van der Waals surface area contributed by atoms with Gasteiger partial charge in [0.25, 0.3) is 5.91 Å². The highest BCUT2D eigenvalue weighted by Gasteiger charge is 2.31. The number of benzene rings is 2. The van der Waals surface area contributed by atoms with Gasteiger partial charge >= 0.3 is 6.18 Å². The van der Waals surface area contributed by atoms with Crippen LogP contribution in [0.4, 0.5) is 41.9 Å². The largest absolute Gasteiger partial charge is 0.416 e. The van der Waals surface area contributed by atoms with E-state index in [0.717, 1.165) is 28.8 Å². The molecule has 12 heteroatoms. The molecule has 2 aromatic carbocycles. The molecule has 1 amide bonds. The minimum Gasteiger partial charge on any atom is -0.373 e. The molecule has 220 valence electrons. The maximum absolute atomic E-state index is 13.6. The Balaban J connectivity index is 1.64. The lowest BCUT2D eigenvalue weighted by molar-refractivity contribution is -0.137. The predicted octanol–water partition coefficient (Wildman–Crippen LogP) is 5.90. The van der Waals surface area contributed by atoms with Crippen LogP contribution in [0, 0.1) is 6.92 Å². The van der Waals surface area contributed by atoms with Crippen LogP contribution in [0.1, 0.15) is 21.5 Å². The molecule has 0 aliphatic heterocycles. The molecule has 0 fully saturated rings. The highest BCUT2D eigenvalue weighted by atomic mass is 19.4. The van der Waals surface area contributed by atoms with E-state index >= 15 is 0 Å².